The molecule has 1 atom stereocenters. The van der Waals surface area contributed by atoms with E-state index in [1.807, 2.05) is 18.7 Å². The minimum atomic E-state index is -0.282. The third kappa shape index (κ3) is 3.28. The van der Waals surface area contributed by atoms with E-state index in [9.17, 15) is 14.4 Å². The zero-order valence-corrected chi connectivity index (χ0v) is 14.8. The quantitative estimate of drug-likeness (QED) is 0.787. The van der Waals surface area contributed by atoms with Gasteiger partial charge in [-0.15, -0.1) is 0 Å². The van der Waals surface area contributed by atoms with Crippen molar-refractivity contribution in [2.75, 3.05) is 26.2 Å². The Morgan fingerprint density at radius 2 is 1.83 bits per heavy atom. The van der Waals surface area contributed by atoms with Crippen LogP contribution in [-0.4, -0.2) is 59.7 Å². The highest BCUT2D eigenvalue weighted by Crippen LogP contribution is 2.38. The molecule has 3 heterocycles. The van der Waals surface area contributed by atoms with Crippen LogP contribution in [0.25, 0.3) is 0 Å². The van der Waals surface area contributed by atoms with Gasteiger partial charge in [-0.1, -0.05) is 6.42 Å². The van der Waals surface area contributed by atoms with E-state index in [0.29, 0.717) is 18.9 Å². The number of piperidine rings is 1. The predicted octanol–water partition coefficient (Wildman–Crippen LogP) is 1.15. The molecule has 134 valence electrons. The van der Waals surface area contributed by atoms with Crippen molar-refractivity contribution < 1.29 is 14.4 Å². The third-order valence-corrected chi connectivity index (χ3v) is 6.01. The molecular formula is C18H29N3O3. The van der Waals surface area contributed by atoms with E-state index >= 15 is 0 Å². The number of rotatable bonds is 3. The lowest BCUT2D eigenvalue weighted by Crippen LogP contribution is -2.68. The number of hydrogen-bond donors (Lipinski definition) is 1. The van der Waals surface area contributed by atoms with E-state index in [1.54, 1.807) is 4.90 Å². The van der Waals surface area contributed by atoms with Crippen molar-refractivity contribution in [3.05, 3.63) is 0 Å². The second-order valence-electron chi connectivity index (χ2n) is 8.02. The van der Waals surface area contributed by atoms with Gasteiger partial charge in [-0.3, -0.25) is 14.4 Å². The van der Waals surface area contributed by atoms with E-state index < -0.39 is 0 Å². The summed E-state index contributed by atoms with van der Waals surface area (Å²) in [5.41, 5.74) is -0.282. The number of nitrogens with one attached hydrogen (secondary N) is 1. The average Bonchev–Trinajstić information content (AvgIpc) is 2.77. The molecule has 0 radical (unpaired) electrons. The second kappa shape index (κ2) is 6.73. The Bertz CT molecular complexity index is 524. The normalized spacial score (nSPS) is 28.2. The van der Waals surface area contributed by atoms with Crippen LogP contribution < -0.4 is 5.32 Å². The molecule has 0 aromatic rings. The molecule has 3 fully saturated rings. The Morgan fingerprint density at radius 3 is 2.46 bits per heavy atom. The minimum absolute atomic E-state index is 0.0700. The monoisotopic (exact) mass is 335 g/mol. The van der Waals surface area contributed by atoms with Gasteiger partial charge in [-0.2, -0.15) is 0 Å². The van der Waals surface area contributed by atoms with Gasteiger partial charge in [0, 0.05) is 32.1 Å². The summed E-state index contributed by atoms with van der Waals surface area (Å²) >= 11 is 0. The predicted molar refractivity (Wildman–Crippen MR) is 90.1 cm³/mol. The Balaban J connectivity index is 1.48. The summed E-state index contributed by atoms with van der Waals surface area (Å²) in [6, 6.07) is 0.231. The number of carbonyl (C=O) groups excluding carboxylic acids is 3. The molecule has 1 unspecified atom stereocenters. The van der Waals surface area contributed by atoms with Crippen LogP contribution in [0.4, 0.5) is 0 Å². The van der Waals surface area contributed by atoms with Crippen LogP contribution in [0.2, 0.25) is 0 Å². The summed E-state index contributed by atoms with van der Waals surface area (Å²) < 4.78 is 0. The molecule has 0 bridgehead atoms. The third-order valence-electron chi connectivity index (χ3n) is 6.01. The van der Waals surface area contributed by atoms with Crippen LogP contribution >= 0.6 is 0 Å². The largest absolute Gasteiger partial charge is 0.351 e. The minimum Gasteiger partial charge on any atom is -0.351 e. The maximum atomic E-state index is 12.5. The first kappa shape index (κ1) is 17.2. The van der Waals surface area contributed by atoms with Crippen molar-refractivity contribution in [3.8, 4) is 0 Å². The van der Waals surface area contributed by atoms with Gasteiger partial charge in [0.25, 0.3) is 0 Å². The Morgan fingerprint density at radius 1 is 1.12 bits per heavy atom. The van der Waals surface area contributed by atoms with Gasteiger partial charge in [-0.25, -0.2) is 0 Å². The van der Waals surface area contributed by atoms with Gasteiger partial charge >= 0.3 is 0 Å². The Kier molecular flexibility index (Phi) is 4.83. The highest BCUT2D eigenvalue weighted by molar-refractivity contribution is 5.89. The van der Waals surface area contributed by atoms with Gasteiger partial charge in [0.2, 0.25) is 17.7 Å². The zero-order valence-electron chi connectivity index (χ0n) is 14.8. The SMILES string of the molecule is CC1(C)C(=O)NC1C1CCN(C(=O)CN2CCCCCC2=O)CC1. The van der Waals surface area contributed by atoms with E-state index in [0.717, 1.165) is 45.2 Å². The molecule has 0 aromatic carbocycles. The zero-order chi connectivity index (χ0) is 17.3. The number of β-lactam (4-membered cyclic amide) rings is 1. The highest BCUT2D eigenvalue weighted by Gasteiger charge is 2.51. The first-order chi connectivity index (χ1) is 11.4. The van der Waals surface area contributed by atoms with Gasteiger partial charge in [-0.05, 0) is 45.4 Å². The maximum Gasteiger partial charge on any atom is 0.242 e. The molecule has 6 heteroatoms. The Labute approximate surface area is 143 Å². The van der Waals surface area contributed by atoms with E-state index in [2.05, 4.69) is 5.32 Å². The molecule has 0 aromatic heterocycles. The molecule has 1 N–H and O–H groups in total. The fourth-order valence-corrected chi connectivity index (χ4v) is 4.23. The van der Waals surface area contributed by atoms with Gasteiger partial charge < -0.3 is 15.1 Å². The van der Waals surface area contributed by atoms with Crippen LogP contribution in [0.5, 0.6) is 0 Å². The molecule has 0 saturated carbocycles. The van der Waals surface area contributed by atoms with Gasteiger partial charge in [0.1, 0.15) is 0 Å². The second-order valence-corrected chi connectivity index (χ2v) is 8.02. The number of amides is 3. The van der Waals surface area contributed by atoms with Crippen LogP contribution in [-0.2, 0) is 14.4 Å². The molecule has 3 aliphatic heterocycles. The fraction of sp³-hybridized carbons (Fsp3) is 0.833. The molecule has 3 rings (SSSR count). The van der Waals surface area contributed by atoms with Gasteiger partial charge in [0.05, 0.1) is 12.0 Å². The van der Waals surface area contributed by atoms with Crippen LogP contribution in [0.3, 0.4) is 0 Å². The molecule has 0 spiro atoms. The summed E-state index contributed by atoms with van der Waals surface area (Å²) in [5.74, 6) is 0.766. The lowest BCUT2D eigenvalue weighted by Gasteiger charge is -2.50. The molecule has 3 amide bonds. The highest BCUT2D eigenvalue weighted by atomic mass is 16.2. The lowest BCUT2D eigenvalue weighted by atomic mass is 9.68. The van der Waals surface area contributed by atoms with E-state index in [1.165, 1.54) is 0 Å². The van der Waals surface area contributed by atoms with Crippen molar-refractivity contribution in [3.63, 3.8) is 0 Å². The van der Waals surface area contributed by atoms with Crippen molar-refractivity contribution in [2.24, 2.45) is 11.3 Å². The topological polar surface area (TPSA) is 69.7 Å². The first-order valence-corrected chi connectivity index (χ1v) is 9.26. The van der Waals surface area contributed by atoms with Crippen molar-refractivity contribution in [1.82, 2.24) is 15.1 Å². The average molecular weight is 335 g/mol. The van der Waals surface area contributed by atoms with Crippen LogP contribution in [0.15, 0.2) is 0 Å². The molecule has 6 nitrogen and oxygen atoms in total. The van der Waals surface area contributed by atoms with Crippen molar-refractivity contribution in [2.45, 2.75) is 58.4 Å². The molecular weight excluding hydrogens is 306 g/mol. The van der Waals surface area contributed by atoms with Crippen molar-refractivity contribution >= 4 is 17.7 Å². The number of nitrogens with zero attached hydrogens (tertiary/aromatic N) is 2. The Hall–Kier alpha value is -1.59. The summed E-state index contributed by atoms with van der Waals surface area (Å²) in [6.45, 7) is 6.40. The first-order valence-electron chi connectivity index (χ1n) is 9.26. The summed E-state index contributed by atoms with van der Waals surface area (Å²) in [5, 5.41) is 3.03. The number of hydrogen-bond acceptors (Lipinski definition) is 3. The van der Waals surface area contributed by atoms with Crippen LogP contribution in [0, 0.1) is 11.3 Å². The number of carbonyl (C=O) groups is 3. The fourth-order valence-electron chi connectivity index (χ4n) is 4.23. The maximum absolute atomic E-state index is 12.5. The summed E-state index contributed by atoms with van der Waals surface area (Å²) in [6.07, 6.45) is 5.44. The molecule has 24 heavy (non-hydrogen) atoms. The molecule has 0 aliphatic carbocycles. The van der Waals surface area contributed by atoms with Gasteiger partial charge in [0.15, 0.2) is 0 Å². The standard InChI is InChI=1S/C18H29N3O3/c1-18(2)16(19-17(18)24)13-7-10-20(11-8-13)15(23)12-21-9-5-3-4-6-14(21)22/h13,16H,3-12H2,1-2H3,(H,19,24). The summed E-state index contributed by atoms with van der Waals surface area (Å²) in [4.78, 5) is 39.8. The number of likely N-dealkylation sites (tertiary alicyclic amines) is 2. The van der Waals surface area contributed by atoms with E-state index in [4.69, 9.17) is 0 Å². The molecule has 3 aliphatic rings. The van der Waals surface area contributed by atoms with Crippen LogP contribution in [0.1, 0.15) is 52.4 Å². The van der Waals surface area contributed by atoms with Crippen molar-refractivity contribution in [1.29, 1.82) is 0 Å². The lowest BCUT2D eigenvalue weighted by molar-refractivity contribution is -0.148. The summed E-state index contributed by atoms with van der Waals surface area (Å²) in [7, 11) is 0. The smallest absolute Gasteiger partial charge is 0.242 e. The molecule has 3 saturated heterocycles. The van der Waals surface area contributed by atoms with E-state index in [-0.39, 0.29) is 35.7 Å².